The molecule has 6 heteroatoms. The lowest BCUT2D eigenvalue weighted by Crippen LogP contribution is -2.49. The first kappa shape index (κ1) is 11.3. The summed E-state index contributed by atoms with van der Waals surface area (Å²) in [5.41, 5.74) is 0.718. The van der Waals surface area contributed by atoms with Gasteiger partial charge in [0.1, 0.15) is 5.82 Å². The van der Waals surface area contributed by atoms with Crippen molar-refractivity contribution in [1.82, 2.24) is 15.0 Å². The summed E-state index contributed by atoms with van der Waals surface area (Å²) in [6.07, 6.45) is -0.246. The van der Waals surface area contributed by atoms with Gasteiger partial charge >= 0.3 is 0 Å². The fourth-order valence-electron chi connectivity index (χ4n) is 1.90. The molecule has 0 atom stereocenters. The minimum atomic E-state index is -0.294. The Morgan fingerprint density at radius 1 is 1.33 bits per heavy atom. The number of likely N-dealkylation sites (tertiary alicyclic amines) is 1. The predicted octanol–water partition coefficient (Wildman–Crippen LogP) is 1.05. The van der Waals surface area contributed by atoms with Crippen molar-refractivity contribution in [3.05, 3.63) is 36.0 Å². The van der Waals surface area contributed by atoms with Gasteiger partial charge in [0.05, 0.1) is 12.6 Å². The molecule has 94 valence electrons. The van der Waals surface area contributed by atoms with Gasteiger partial charge in [0.15, 0.2) is 0 Å². The van der Waals surface area contributed by atoms with Gasteiger partial charge in [-0.15, -0.1) is 0 Å². The first-order valence-corrected chi connectivity index (χ1v) is 5.69. The van der Waals surface area contributed by atoms with Crippen molar-refractivity contribution < 1.29 is 14.0 Å². The number of β-amino-alcohol motifs (C(OH)–C–C–N with tert-alkyl or cyclic N) is 1. The molecule has 1 aromatic carbocycles. The maximum atomic E-state index is 12.8. The van der Waals surface area contributed by atoms with Gasteiger partial charge in [-0.2, -0.15) is 4.98 Å². The largest absolute Gasteiger partial charge is 0.390 e. The third-order valence-corrected chi connectivity index (χ3v) is 2.87. The molecule has 2 aromatic rings. The van der Waals surface area contributed by atoms with Gasteiger partial charge < -0.3 is 9.63 Å². The average molecular weight is 249 g/mol. The maximum absolute atomic E-state index is 12.8. The molecule has 1 N–H and O–H groups in total. The van der Waals surface area contributed by atoms with E-state index in [9.17, 15) is 4.39 Å². The molecule has 18 heavy (non-hydrogen) atoms. The number of rotatable bonds is 3. The molecule has 1 aromatic heterocycles. The van der Waals surface area contributed by atoms with E-state index >= 15 is 0 Å². The summed E-state index contributed by atoms with van der Waals surface area (Å²) in [6.45, 7) is 1.80. The van der Waals surface area contributed by atoms with E-state index < -0.39 is 0 Å². The molecule has 1 aliphatic heterocycles. The molecule has 0 spiro atoms. The molecule has 0 unspecified atom stereocenters. The standard InChI is InChI=1S/C12H12FN3O2/c13-9-3-1-8(2-4-9)12-14-11(18-15-12)7-16-5-10(17)6-16/h1-4,10,17H,5-7H2. The third kappa shape index (κ3) is 2.25. The van der Waals surface area contributed by atoms with Gasteiger partial charge in [0.2, 0.25) is 11.7 Å². The Hall–Kier alpha value is -1.79. The van der Waals surface area contributed by atoms with Crippen LogP contribution in [0.15, 0.2) is 28.8 Å². The van der Waals surface area contributed by atoms with Crippen LogP contribution in [-0.4, -0.2) is 39.3 Å². The SMILES string of the molecule is OC1CN(Cc2nc(-c3ccc(F)cc3)no2)C1. The molecule has 3 rings (SSSR count). The molecule has 0 bridgehead atoms. The number of aliphatic hydroxyl groups is 1. The molecule has 2 heterocycles. The van der Waals surface area contributed by atoms with E-state index in [0.29, 0.717) is 31.3 Å². The van der Waals surface area contributed by atoms with Crippen molar-refractivity contribution in [2.24, 2.45) is 0 Å². The molecule has 0 amide bonds. The van der Waals surface area contributed by atoms with E-state index in [1.165, 1.54) is 12.1 Å². The Labute approximate surface area is 103 Å². The Bertz CT molecular complexity index is 535. The summed E-state index contributed by atoms with van der Waals surface area (Å²) in [7, 11) is 0. The summed E-state index contributed by atoms with van der Waals surface area (Å²) < 4.78 is 17.9. The quantitative estimate of drug-likeness (QED) is 0.881. The molecule has 0 radical (unpaired) electrons. The summed E-state index contributed by atoms with van der Waals surface area (Å²) in [6, 6.07) is 5.93. The molecule has 0 saturated carbocycles. The number of nitrogens with zero attached hydrogens (tertiary/aromatic N) is 3. The molecule has 5 nitrogen and oxygen atoms in total. The van der Waals surface area contributed by atoms with Crippen LogP contribution in [-0.2, 0) is 6.54 Å². The maximum Gasteiger partial charge on any atom is 0.241 e. The van der Waals surface area contributed by atoms with E-state index in [0.717, 1.165) is 5.56 Å². The second-order valence-electron chi connectivity index (χ2n) is 4.37. The van der Waals surface area contributed by atoms with Crippen LogP contribution in [0, 0.1) is 5.82 Å². The van der Waals surface area contributed by atoms with Crippen LogP contribution in [0.3, 0.4) is 0 Å². The zero-order valence-electron chi connectivity index (χ0n) is 9.58. The zero-order chi connectivity index (χ0) is 12.5. The molecule has 1 fully saturated rings. The second kappa shape index (κ2) is 4.47. The first-order chi connectivity index (χ1) is 8.70. The number of aliphatic hydroxyl groups excluding tert-OH is 1. The second-order valence-corrected chi connectivity index (χ2v) is 4.37. The molecular formula is C12H12FN3O2. The highest BCUT2D eigenvalue weighted by molar-refractivity contribution is 5.53. The van der Waals surface area contributed by atoms with Crippen LogP contribution in [0.4, 0.5) is 4.39 Å². The minimum Gasteiger partial charge on any atom is -0.390 e. The monoisotopic (exact) mass is 249 g/mol. The van der Waals surface area contributed by atoms with Crippen molar-refractivity contribution in [3.63, 3.8) is 0 Å². The average Bonchev–Trinajstić information content (AvgIpc) is 2.77. The van der Waals surface area contributed by atoms with Crippen LogP contribution in [0.25, 0.3) is 11.4 Å². The molecule has 1 aliphatic rings. The van der Waals surface area contributed by atoms with Crippen molar-refractivity contribution in [2.45, 2.75) is 12.6 Å². The normalized spacial score (nSPS) is 16.8. The molecular weight excluding hydrogens is 237 g/mol. The first-order valence-electron chi connectivity index (χ1n) is 5.69. The lowest BCUT2D eigenvalue weighted by molar-refractivity contribution is -0.00806. The van der Waals surface area contributed by atoms with Crippen LogP contribution in [0.2, 0.25) is 0 Å². The number of aromatic nitrogens is 2. The van der Waals surface area contributed by atoms with Gasteiger partial charge in [-0.05, 0) is 24.3 Å². The van der Waals surface area contributed by atoms with Crippen molar-refractivity contribution in [2.75, 3.05) is 13.1 Å². The molecule has 0 aliphatic carbocycles. The highest BCUT2D eigenvalue weighted by atomic mass is 19.1. The van der Waals surface area contributed by atoms with Crippen LogP contribution < -0.4 is 0 Å². The van der Waals surface area contributed by atoms with E-state index in [1.54, 1.807) is 12.1 Å². The third-order valence-electron chi connectivity index (χ3n) is 2.87. The van der Waals surface area contributed by atoms with E-state index in [1.807, 2.05) is 4.90 Å². The van der Waals surface area contributed by atoms with E-state index in [-0.39, 0.29) is 11.9 Å². The lowest BCUT2D eigenvalue weighted by atomic mass is 10.2. The van der Waals surface area contributed by atoms with Gasteiger partial charge in [-0.1, -0.05) is 5.16 Å². The fraction of sp³-hybridized carbons (Fsp3) is 0.333. The zero-order valence-corrected chi connectivity index (χ0v) is 9.58. The summed E-state index contributed by atoms with van der Waals surface area (Å²) in [5, 5.41) is 13.0. The highest BCUT2D eigenvalue weighted by Crippen LogP contribution is 2.18. The van der Waals surface area contributed by atoms with E-state index in [4.69, 9.17) is 9.63 Å². The Morgan fingerprint density at radius 2 is 2.06 bits per heavy atom. The van der Waals surface area contributed by atoms with Crippen LogP contribution in [0.5, 0.6) is 0 Å². The number of halogens is 1. The van der Waals surface area contributed by atoms with Gasteiger partial charge in [0.25, 0.3) is 0 Å². The van der Waals surface area contributed by atoms with Gasteiger partial charge in [0, 0.05) is 18.7 Å². The minimum absolute atomic E-state index is 0.246. The van der Waals surface area contributed by atoms with Gasteiger partial charge in [-0.3, -0.25) is 4.90 Å². The number of hydrogen-bond donors (Lipinski definition) is 1. The Morgan fingerprint density at radius 3 is 2.72 bits per heavy atom. The van der Waals surface area contributed by atoms with Gasteiger partial charge in [-0.25, -0.2) is 4.39 Å². The number of benzene rings is 1. The summed E-state index contributed by atoms with van der Waals surface area (Å²) in [4.78, 5) is 6.24. The fourth-order valence-corrected chi connectivity index (χ4v) is 1.90. The number of hydrogen-bond acceptors (Lipinski definition) is 5. The van der Waals surface area contributed by atoms with Crippen molar-refractivity contribution in [1.29, 1.82) is 0 Å². The molecule has 1 saturated heterocycles. The van der Waals surface area contributed by atoms with Crippen molar-refractivity contribution >= 4 is 0 Å². The summed E-state index contributed by atoms with van der Waals surface area (Å²) in [5.74, 6) is 0.657. The summed E-state index contributed by atoms with van der Waals surface area (Å²) >= 11 is 0. The van der Waals surface area contributed by atoms with E-state index in [2.05, 4.69) is 10.1 Å². The van der Waals surface area contributed by atoms with Crippen LogP contribution in [0.1, 0.15) is 5.89 Å². The smallest absolute Gasteiger partial charge is 0.241 e. The Balaban J connectivity index is 1.71. The highest BCUT2D eigenvalue weighted by Gasteiger charge is 2.25. The van der Waals surface area contributed by atoms with Crippen LogP contribution >= 0.6 is 0 Å². The topological polar surface area (TPSA) is 62.4 Å². The predicted molar refractivity (Wildman–Crippen MR) is 61.0 cm³/mol. The lowest BCUT2D eigenvalue weighted by Gasteiger charge is -2.34. The Kier molecular flexibility index (Phi) is 2.81. The van der Waals surface area contributed by atoms with Crippen molar-refractivity contribution in [3.8, 4) is 11.4 Å².